The lowest BCUT2D eigenvalue weighted by Gasteiger charge is -2.16. The fourth-order valence-corrected chi connectivity index (χ4v) is 2.20. The van der Waals surface area contributed by atoms with Gasteiger partial charge in [-0.25, -0.2) is 4.39 Å². The number of halogens is 1. The van der Waals surface area contributed by atoms with Crippen LogP contribution in [0.15, 0.2) is 48.5 Å². The summed E-state index contributed by atoms with van der Waals surface area (Å²) in [5.74, 6) is 0.470. The van der Waals surface area contributed by atoms with E-state index in [-0.39, 0.29) is 11.7 Å². The van der Waals surface area contributed by atoms with Gasteiger partial charge in [0.2, 0.25) is 5.91 Å². The Morgan fingerprint density at radius 3 is 2.30 bits per heavy atom. The van der Waals surface area contributed by atoms with Crippen molar-refractivity contribution in [2.75, 3.05) is 20.7 Å². The van der Waals surface area contributed by atoms with Gasteiger partial charge in [0.05, 0.1) is 13.7 Å². The van der Waals surface area contributed by atoms with Gasteiger partial charge >= 0.3 is 0 Å². The first-order chi connectivity index (χ1) is 11.1. The highest BCUT2D eigenvalue weighted by Gasteiger charge is 2.07. The van der Waals surface area contributed by atoms with Crippen molar-refractivity contribution in [3.8, 4) is 5.75 Å². The lowest BCUT2D eigenvalue weighted by atomic mass is 10.2. The average molecular weight is 316 g/mol. The molecule has 0 aromatic heterocycles. The van der Waals surface area contributed by atoms with Crippen molar-refractivity contribution in [3.63, 3.8) is 0 Å². The third kappa shape index (κ3) is 5.71. The van der Waals surface area contributed by atoms with Crippen LogP contribution in [0.4, 0.5) is 4.39 Å². The van der Waals surface area contributed by atoms with E-state index in [0.29, 0.717) is 19.6 Å². The Morgan fingerprint density at radius 2 is 1.70 bits per heavy atom. The van der Waals surface area contributed by atoms with Gasteiger partial charge in [-0.1, -0.05) is 24.3 Å². The van der Waals surface area contributed by atoms with Crippen molar-refractivity contribution in [2.24, 2.45) is 0 Å². The highest BCUT2D eigenvalue weighted by Crippen LogP contribution is 2.12. The van der Waals surface area contributed by atoms with E-state index in [1.165, 1.54) is 12.1 Å². The molecule has 0 aliphatic rings. The van der Waals surface area contributed by atoms with Crippen molar-refractivity contribution in [1.82, 2.24) is 10.2 Å². The van der Waals surface area contributed by atoms with Gasteiger partial charge in [0.25, 0.3) is 0 Å². The third-order valence-corrected chi connectivity index (χ3v) is 3.43. The molecule has 0 saturated carbocycles. The van der Waals surface area contributed by atoms with Crippen LogP contribution in [0, 0.1) is 5.82 Å². The molecule has 0 aliphatic heterocycles. The van der Waals surface area contributed by atoms with Gasteiger partial charge in [0.1, 0.15) is 11.6 Å². The van der Waals surface area contributed by atoms with E-state index in [4.69, 9.17) is 4.74 Å². The maximum atomic E-state index is 12.8. The number of ether oxygens (including phenoxy) is 1. The van der Waals surface area contributed by atoms with Gasteiger partial charge in [-0.15, -0.1) is 0 Å². The fraction of sp³-hybridized carbons (Fsp3) is 0.278. The normalized spacial score (nSPS) is 10.6. The van der Waals surface area contributed by atoms with E-state index in [1.54, 1.807) is 19.2 Å². The van der Waals surface area contributed by atoms with Gasteiger partial charge in [0, 0.05) is 13.1 Å². The number of carbonyl (C=O) groups excluding carboxylic acids is 1. The lowest BCUT2D eigenvalue weighted by Crippen LogP contribution is -2.34. The largest absolute Gasteiger partial charge is 0.497 e. The zero-order chi connectivity index (χ0) is 16.7. The van der Waals surface area contributed by atoms with Crippen molar-refractivity contribution in [1.29, 1.82) is 0 Å². The molecule has 2 rings (SSSR count). The maximum Gasteiger partial charge on any atom is 0.234 e. The molecule has 0 unspecified atom stereocenters. The minimum atomic E-state index is -0.278. The number of methoxy groups -OCH3 is 1. The Morgan fingerprint density at radius 1 is 1.09 bits per heavy atom. The second-order valence-electron chi connectivity index (χ2n) is 5.42. The summed E-state index contributed by atoms with van der Waals surface area (Å²) in [6.45, 7) is 1.37. The highest BCUT2D eigenvalue weighted by atomic mass is 19.1. The molecular formula is C18H21FN2O2. The molecule has 2 aromatic rings. The molecule has 122 valence electrons. The molecule has 23 heavy (non-hydrogen) atoms. The summed E-state index contributed by atoms with van der Waals surface area (Å²) in [5.41, 5.74) is 1.98. The quantitative estimate of drug-likeness (QED) is 0.854. The third-order valence-electron chi connectivity index (χ3n) is 3.43. The Bertz CT molecular complexity index is 626. The first-order valence-corrected chi connectivity index (χ1v) is 7.39. The molecular weight excluding hydrogens is 295 g/mol. The minimum absolute atomic E-state index is 0.0645. The molecule has 1 N–H and O–H groups in total. The van der Waals surface area contributed by atoms with Gasteiger partial charge in [-0.2, -0.15) is 0 Å². The summed E-state index contributed by atoms with van der Waals surface area (Å²) in [7, 11) is 3.52. The Kier molecular flexibility index (Phi) is 6.11. The van der Waals surface area contributed by atoms with E-state index in [1.807, 2.05) is 36.2 Å². The summed E-state index contributed by atoms with van der Waals surface area (Å²) in [4.78, 5) is 13.9. The standard InChI is InChI=1S/C18H21FN2O2/c1-21(12-15-5-9-17(23-2)10-6-15)13-18(22)20-11-14-3-7-16(19)8-4-14/h3-10H,11-13H2,1-2H3,(H,20,22). The molecule has 0 atom stereocenters. The van der Waals surface area contributed by atoms with Crippen LogP contribution in [0.5, 0.6) is 5.75 Å². The number of rotatable bonds is 7. The molecule has 2 aromatic carbocycles. The number of hydrogen-bond acceptors (Lipinski definition) is 3. The van der Waals surface area contributed by atoms with E-state index in [2.05, 4.69) is 5.32 Å². The fourth-order valence-electron chi connectivity index (χ4n) is 2.20. The zero-order valence-electron chi connectivity index (χ0n) is 13.4. The van der Waals surface area contributed by atoms with E-state index < -0.39 is 0 Å². The Labute approximate surface area is 135 Å². The van der Waals surface area contributed by atoms with Gasteiger partial charge < -0.3 is 10.1 Å². The summed E-state index contributed by atoms with van der Waals surface area (Å²) >= 11 is 0. The second-order valence-corrected chi connectivity index (χ2v) is 5.42. The van der Waals surface area contributed by atoms with Crippen LogP contribution in [0.3, 0.4) is 0 Å². The summed E-state index contributed by atoms with van der Waals surface area (Å²) < 4.78 is 17.9. The molecule has 0 bridgehead atoms. The molecule has 0 heterocycles. The van der Waals surface area contributed by atoms with E-state index >= 15 is 0 Å². The van der Waals surface area contributed by atoms with E-state index in [9.17, 15) is 9.18 Å². The first-order valence-electron chi connectivity index (χ1n) is 7.39. The summed E-state index contributed by atoms with van der Waals surface area (Å²) in [5, 5.41) is 2.83. The molecule has 0 radical (unpaired) electrons. The molecule has 1 amide bonds. The van der Waals surface area contributed by atoms with Crippen LogP contribution in [0.2, 0.25) is 0 Å². The SMILES string of the molecule is COc1ccc(CN(C)CC(=O)NCc2ccc(F)cc2)cc1. The van der Waals surface area contributed by atoms with E-state index in [0.717, 1.165) is 16.9 Å². The molecule has 5 heteroatoms. The smallest absolute Gasteiger partial charge is 0.234 e. The Balaban J connectivity index is 1.76. The van der Waals surface area contributed by atoms with Crippen LogP contribution in [0.1, 0.15) is 11.1 Å². The number of carbonyl (C=O) groups is 1. The molecule has 0 spiro atoms. The topological polar surface area (TPSA) is 41.6 Å². The van der Waals surface area contributed by atoms with Crippen molar-refractivity contribution < 1.29 is 13.9 Å². The predicted octanol–water partition coefficient (Wildman–Crippen LogP) is 2.58. The maximum absolute atomic E-state index is 12.8. The van der Waals surface area contributed by atoms with Crippen LogP contribution >= 0.6 is 0 Å². The zero-order valence-corrected chi connectivity index (χ0v) is 13.4. The van der Waals surface area contributed by atoms with Crippen molar-refractivity contribution in [2.45, 2.75) is 13.1 Å². The van der Waals surface area contributed by atoms with Gasteiger partial charge in [-0.3, -0.25) is 9.69 Å². The van der Waals surface area contributed by atoms with Gasteiger partial charge in [0.15, 0.2) is 0 Å². The Hall–Kier alpha value is -2.40. The second kappa shape index (κ2) is 8.29. The first kappa shape index (κ1) is 17.0. The lowest BCUT2D eigenvalue weighted by molar-refractivity contribution is -0.122. The molecule has 0 fully saturated rings. The highest BCUT2D eigenvalue weighted by molar-refractivity contribution is 5.77. The predicted molar refractivity (Wildman–Crippen MR) is 87.6 cm³/mol. The minimum Gasteiger partial charge on any atom is -0.497 e. The number of amides is 1. The number of nitrogens with one attached hydrogen (secondary N) is 1. The molecule has 4 nitrogen and oxygen atoms in total. The number of hydrogen-bond donors (Lipinski definition) is 1. The van der Waals surface area contributed by atoms with Crippen molar-refractivity contribution >= 4 is 5.91 Å². The molecule has 0 aliphatic carbocycles. The van der Waals surface area contributed by atoms with Gasteiger partial charge in [-0.05, 0) is 42.4 Å². The molecule has 0 saturated heterocycles. The number of benzene rings is 2. The van der Waals surface area contributed by atoms with Crippen molar-refractivity contribution in [3.05, 3.63) is 65.5 Å². The van der Waals surface area contributed by atoms with Crippen LogP contribution in [0.25, 0.3) is 0 Å². The number of likely N-dealkylation sites (N-methyl/N-ethyl adjacent to an activating group) is 1. The number of nitrogens with zero attached hydrogens (tertiary/aromatic N) is 1. The summed E-state index contributed by atoms with van der Waals surface area (Å²) in [6.07, 6.45) is 0. The average Bonchev–Trinajstić information content (AvgIpc) is 2.55. The van der Waals surface area contributed by atoms with Crippen LogP contribution < -0.4 is 10.1 Å². The monoisotopic (exact) mass is 316 g/mol. The van der Waals surface area contributed by atoms with Crippen LogP contribution in [-0.4, -0.2) is 31.5 Å². The summed E-state index contributed by atoms with van der Waals surface area (Å²) in [6, 6.07) is 13.9. The van der Waals surface area contributed by atoms with Crippen LogP contribution in [-0.2, 0) is 17.9 Å².